The lowest BCUT2D eigenvalue weighted by Gasteiger charge is -2.25. The molecule has 0 aliphatic carbocycles. The maximum Gasteiger partial charge on any atom is 0.245 e. The van der Waals surface area contributed by atoms with Crippen LogP contribution < -0.4 is 26.6 Å². The van der Waals surface area contributed by atoms with Gasteiger partial charge in [-0.25, -0.2) is 0 Å². The molecule has 0 bridgehead atoms. The summed E-state index contributed by atoms with van der Waals surface area (Å²) >= 11 is 1.05. The van der Waals surface area contributed by atoms with E-state index in [9.17, 15) is 39.0 Å². The summed E-state index contributed by atoms with van der Waals surface area (Å²) in [6.45, 7) is 1.57. The van der Waals surface area contributed by atoms with E-state index in [0.29, 0.717) is 16.9 Å². The summed E-state index contributed by atoms with van der Waals surface area (Å²) in [7, 11) is 0. The van der Waals surface area contributed by atoms with Crippen LogP contribution >= 0.6 is 11.8 Å². The number of hydrogen-bond acceptors (Lipinski definition) is 9. The van der Waals surface area contributed by atoms with Crippen LogP contribution in [-0.4, -0.2) is 82.2 Å². The van der Waals surface area contributed by atoms with Crippen LogP contribution in [-0.2, 0) is 47.4 Å². The van der Waals surface area contributed by atoms with Crippen LogP contribution in [0.3, 0.4) is 0 Å². The van der Waals surface area contributed by atoms with Crippen LogP contribution in [0.1, 0.15) is 30.5 Å². The first kappa shape index (κ1) is 38.2. The van der Waals surface area contributed by atoms with Gasteiger partial charge in [-0.05, 0) is 35.7 Å². The summed E-state index contributed by atoms with van der Waals surface area (Å²) in [6.07, 6.45) is 0.0414. The van der Waals surface area contributed by atoms with Gasteiger partial charge >= 0.3 is 0 Å². The van der Waals surface area contributed by atoms with Gasteiger partial charge < -0.3 is 36.8 Å². The van der Waals surface area contributed by atoms with E-state index in [1.54, 1.807) is 42.5 Å². The minimum atomic E-state index is -1.28. The zero-order valence-corrected chi connectivity index (χ0v) is 28.0. The predicted molar refractivity (Wildman–Crippen MR) is 184 cm³/mol. The molecule has 3 rings (SSSR count). The second-order valence-electron chi connectivity index (χ2n) is 11.2. The van der Waals surface area contributed by atoms with Crippen molar-refractivity contribution in [3.8, 4) is 5.75 Å². The molecule has 5 amide bonds. The fraction of sp³-hybridized carbons (Fsp3) is 0.314. The van der Waals surface area contributed by atoms with Crippen LogP contribution in [0.15, 0.2) is 84.9 Å². The Kier molecular flexibility index (Phi) is 15.3. The molecule has 49 heavy (non-hydrogen) atoms. The number of carbonyl (C=O) groups excluding carboxylic acids is 6. The number of carbonyl (C=O) groups is 6. The van der Waals surface area contributed by atoms with Crippen molar-refractivity contribution >= 4 is 46.4 Å². The number of aromatic hydroxyl groups is 1. The third kappa shape index (κ3) is 13.4. The Hall–Kier alpha value is -5.21. The number of phenolic OH excluding ortho intramolecular Hbond substituents is 1. The van der Waals surface area contributed by atoms with E-state index < -0.39 is 60.3 Å². The maximum absolute atomic E-state index is 13.8. The van der Waals surface area contributed by atoms with Crippen molar-refractivity contribution in [1.82, 2.24) is 26.6 Å². The van der Waals surface area contributed by atoms with Crippen molar-refractivity contribution in [3.05, 3.63) is 102 Å². The van der Waals surface area contributed by atoms with Crippen LogP contribution in [0.25, 0.3) is 0 Å². The summed E-state index contributed by atoms with van der Waals surface area (Å²) in [4.78, 5) is 76.9. The van der Waals surface area contributed by atoms with Crippen LogP contribution in [0.2, 0.25) is 0 Å². The van der Waals surface area contributed by atoms with Crippen molar-refractivity contribution in [2.75, 3.05) is 13.2 Å². The minimum Gasteiger partial charge on any atom is -0.508 e. The maximum atomic E-state index is 13.8. The first-order chi connectivity index (χ1) is 23.4. The van der Waals surface area contributed by atoms with Crippen LogP contribution in [0.5, 0.6) is 5.75 Å². The Morgan fingerprint density at radius 1 is 0.633 bits per heavy atom. The topological polar surface area (TPSA) is 203 Å². The molecule has 0 aromatic heterocycles. The van der Waals surface area contributed by atoms with E-state index in [0.717, 1.165) is 17.3 Å². The van der Waals surface area contributed by atoms with Gasteiger partial charge in [-0.2, -0.15) is 0 Å². The largest absolute Gasteiger partial charge is 0.508 e. The number of aliphatic hydroxyl groups is 1. The Balaban J connectivity index is 1.74. The highest BCUT2D eigenvalue weighted by Gasteiger charge is 2.30. The van der Waals surface area contributed by atoms with E-state index in [1.807, 2.05) is 30.3 Å². The average molecular weight is 692 g/mol. The molecule has 3 aromatic carbocycles. The number of nitrogens with one attached hydrogen (secondary N) is 5. The summed E-state index contributed by atoms with van der Waals surface area (Å²) in [5, 5.41) is 31.5. The Bertz CT molecular complexity index is 1570. The second kappa shape index (κ2) is 19.6. The van der Waals surface area contributed by atoms with Crippen molar-refractivity contribution in [3.63, 3.8) is 0 Å². The van der Waals surface area contributed by atoms with Crippen LogP contribution in [0, 0.1) is 0 Å². The molecule has 0 fully saturated rings. The fourth-order valence-corrected chi connectivity index (χ4v) is 5.29. The lowest BCUT2D eigenvalue weighted by atomic mass is 10.0. The molecule has 260 valence electrons. The lowest BCUT2D eigenvalue weighted by molar-refractivity contribution is -0.134. The molecule has 7 N–H and O–H groups in total. The standard InChI is InChI=1S/C35H41N5O8S/c1-22(37-35(48)30(20-41)38-23(2)42)32(45)39-29(17-24-9-5-3-6-10-24)34(47)40-28(18-25-13-15-27(43)16-14-25)33(46)36-19-31(44)49-21-26-11-7-4-8-12-26/h3-16,22,28-30,41,43H,17-21H2,1-2H3,(H,36,46)(H,37,48)(H,38,42)(H,39,45)(H,40,47)/t22-,28-,29-,30-/m0/s1. The van der Waals surface area contributed by atoms with Gasteiger partial charge in [0.15, 0.2) is 0 Å². The number of phenols is 1. The molecule has 0 saturated heterocycles. The third-order valence-corrected chi connectivity index (χ3v) is 8.15. The highest BCUT2D eigenvalue weighted by molar-refractivity contribution is 8.13. The monoisotopic (exact) mass is 691 g/mol. The summed E-state index contributed by atoms with van der Waals surface area (Å²) in [5.74, 6) is -2.97. The van der Waals surface area contributed by atoms with Gasteiger partial charge in [0.25, 0.3) is 0 Å². The summed E-state index contributed by atoms with van der Waals surface area (Å²) < 4.78 is 0. The van der Waals surface area contributed by atoms with Crippen LogP contribution in [0.4, 0.5) is 0 Å². The van der Waals surface area contributed by atoms with Gasteiger partial charge in [0.1, 0.15) is 29.9 Å². The molecule has 0 aliphatic rings. The Morgan fingerprint density at radius 2 is 1.14 bits per heavy atom. The van der Waals surface area contributed by atoms with Gasteiger partial charge in [-0.1, -0.05) is 84.6 Å². The fourth-order valence-electron chi connectivity index (χ4n) is 4.60. The lowest BCUT2D eigenvalue weighted by Crippen LogP contribution is -2.58. The number of aliphatic hydroxyl groups excluding tert-OH is 1. The average Bonchev–Trinajstić information content (AvgIpc) is 3.09. The molecular formula is C35H41N5O8S. The molecule has 0 spiro atoms. The molecule has 0 aliphatic heterocycles. The number of rotatable bonds is 17. The zero-order chi connectivity index (χ0) is 35.8. The van der Waals surface area contributed by atoms with E-state index in [-0.39, 0.29) is 30.3 Å². The van der Waals surface area contributed by atoms with E-state index in [4.69, 9.17) is 0 Å². The quantitative estimate of drug-likeness (QED) is 0.107. The first-order valence-electron chi connectivity index (χ1n) is 15.5. The molecule has 0 heterocycles. The van der Waals surface area contributed by atoms with Gasteiger partial charge in [-0.15, -0.1) is 0 Å². The normalized spacial score (nSPS) is 13.1. The van der Waals surface area contributed by atoms with Crippen molar-refractivity contribution in [2.45, 2.75) is 56.6 Å². The highest BCUT2D eigenvalue weighted by atomic mass is 32.2. The molecule has 3 aromatic rings. The number of benzene rings is 3. The number of thioether (sulfide) groups is 1. The van der Waals surface area contributed by atoms with Gasteiger partial charge in [0.2, 0.25) is 34.7 Å². The third-order valence-electron chi connectivity index (χ3n) is 7.20. The molecule has 0 radical (unpaired) electrons. The minimum absolute atomic E-state index is 0.00730. The molecule has 0 unspecified atom stereocenters. The molecular weight excluding hydrogens is 650 g/mol. The number of hydrogen-bond donors (Lipinski definition) is 7. The molecule has 14 heteroatoms. The first-order valence-corrected chi connectivity index (χ1v) is 16.5. The van der Waals surface area contributed by atoms with Gasteiger partial charge in [-0.3, -0.25) is 28.8 Å². The van der Waals surface area contributed by atoms with E-state index >= 15 is 0 Å². The smallest absolute Gasteiger partial charge is 0.245 e. The second-order valence-corrected chi connectivity index (χ2v) is 12.2. The van der Waals surface area contributed by atoms with Gasteiger partial charge in [0.05, 0.1) is 13.2 Å². The van der Waals surface area contributed by atoms with Crippen molar-refractivity contribution in [2.24, 2.45) is 0 Å². The Labute approximate surface area is 288 Å². The van der Waals surface area contributed by atoms with Gasteiger partial charge in [0, 0.05) is 25.5 Å². The van der Waals surface area contributed by atoms with Crippen molar-refractivity contribution < 1.29 is 39.0 Å². The molecule has 0 saturated carbocycles. The summed E-state index contributed by atoms with van der Waals surface area (Å²) in [6, 6.07) is 19.5. The van der Waals surface area contributed by atoms with Crippen molar-refractivity contribution in [1.29, 1.82) is 0 Å². The SMILES string of the molecule is CC(=O)N[C@@H](CO)C(=O)N[C@@H](C)C(=O)N[C@@H](Cc1ccccc1)C(=O)N[C@@H](Cc1ccc(O)cc1)C(=O)NCC(=O)SCc1ccccc1. The Morgan fingerprint density at radius 3 is 1.71 bits per heavy atom. The highest BCUT2D eigenvalue weighted by Crippen LogP contribution is 2.14. The zero-order valence-electron chi connectivity index (χ0n) is 27.2. The molecule has 4 atom stereocenters. The predicted octanol–water partition coefficient (Wildman–Crippen LogP) is 0.725. The van der Waals surface area contributed by atoms with E-state index in [1.165, 1.54) is 26.0 Å². The summed E-state index contributed by atoms with van der Waals surface area (Å²) in [5.41, 5.74) is 2.26. The number of amides is 5. The molecule has 13 nitrogen and oxygen atoms in total. The van der Waals surface area contributed by atoms with E-state index in [2.05, 4.69) is 26.6 Å².